The Morgan fingerprint density at radius 3 is 2.31 bits per heavy atom. The van der Waals surface area contributed by atoms with E-state index < -0.39 is 0 Å². The number of rotatable bonds is 1. The fourth-order valence-corrected chi connectivity index (χ4v) is 4.13. The highest BCUT2D eigenvalue weighted by Crippen LogP contribution is 2.57. The summed E-state index contributed by atoms with van der Waals surface area (Å²) in [5.74, 6) is 3.44. The molecule has 0 aromatic carbocycles. The summed E-state index contributed by atoms with van der Waals surface area (Å²) >= 11 is 0. The highest BCUT2D eigenvalue weighted by Gasteiger charge is 2.49. The van der Waals surface area contributed by atoms with Crippen LogP contribution in [-0.2, 0) is 4.79 Å². The molecule has 1 nitrogen and oxygen atoms in total. The van der Waals surface area contributed by atoms with E-state index in [0.717, 1.165) is 30.6 Å². The molecule has 0 heterocycles. The molecule has 0 saturated heterocycles. The standard InChI is InChI=1S/C15H26O/c1-10-5-6-12(11(2)16)7-8-14-13(10)9-15(14,3)4/h10,12-14H,5-9H2,1-4H3. The third-order valence-corrected chi connectivity index (χ3v) is 5.38. The van der Waals surface area contributed by atoms with Gasteiger partial charge in [-0.3, -0.25) is 4.79 Å². The molecule has 4 atom stereocenters. The highest BCUT2D eigenvalue weighted by molar-refractivity contribution is 5.78. The van der Waals surface area contributed by atoms with Crippen molar-refractivity contribution in [1.82, 2.24) is 0 Å². The lowest BCUT2D eigenvalue weighted by Gasteiger charge is -2.55. The third-order valence-electron chi connectivity index (χ3n) is 5.38. The molecule has 4 unspecified atom stereocenters. The van der Waals surface area contributed by atoms with E-state index in [0.29, 0.717) is 17.1 Å². The summed E-state index contributed by atoms with van der Waals surface area (Å²) in [4.78, 5) is 11.5. The number of Topliss-reactive ketones (excluding diaryl/α,β-unsaturated/α-hetero) is 1. The van der Waals surface area contributed by atoms with Crippen LogP contribution < -0.4 is 0 Å². The second-order valence-electron chi connectivity index (χ2n) is 6.90. The monoisotopic (exact) mass is 222 g/mol. The fourth-order valence-electron chi connectivity index (χ4n) is 4.13. The molecule has 0 N–H and O–H groups in total. The van der Waals surface area contributed by atoms with Crippen LogP contribution in [-0.4, -0.2) is 5.78 Å². The Morgan fingerprint density at radius 2 is 1.75 bits per heavy atom. The summed E-state index contributed by atoms with van der Waals surface area (Å²) < 4.78 is 0. The minimum Gasteiger partial charge on any atom is -0.300 e. The van der Waals surface area contributed by atoms with Gasteiger partial charge in [0.25, 0.3) is 0 Å². The zero-order chi connectivity index (χ0) is 11.9. The van der Waals surface area contributed by atoms with E-state index in [-0.39, 0.29) is 0 Å². The topological polar surface area (TPSA) is 17.1 Å². The predicted molar refractivity (Wildman–Crippen MR) is 67.2 cm³/mol. The lowest BCUT2D eigenvalue weighted by atomic mass is 9.49. The lowest BCUT2D eigenvalue weighted by molar-refractivity contribution is -0.123. The van der Waals surface area contributed by atoms with Gasteiger partial charge in [0.2, 0.25) is 0 Å². The van der Waals surface area contributed by atoms with Gasteiger partial charge < -0.3 is 0 Å². The van der Waals surface area contributed by atoms with Crippen LogP contribution in [0, 0.1) is 29.1 Å². The van der Waals surface area contributed by atoms with Crippen LogP contribution in [0.4, 0.5) is 0 Å². The Kier molecular flexibility index (Phi) is 3.16. The van der Waals surface area contributed by atoms with Crippen LogP contribution in [0.15, 0.2) is 0 Å². The maximum absolute atomic E-state index is 11.5. The first-order chi connectivity index (χ1) is 7.42. The second kappa shape index (κ2) is 4.16. The Bertz CT molecular complexity index is 279. The van der Waals surface area contributed by atoms with E-state index in [9.17, 15) is 4.79 Å². The zero-order valence-corrected chi connectivity index (χ0v) is 11.3. The zero-order valence-electron chi connectivity index (χ0n) is 11.3. The molecule has 2 saturated carbocycles. The summed E-state index contributed by atoms with van der Waals surface area (Å²) in [7, 11) is 0. The van der Waals surface area contributed by atoms with Crippen LogP contribution in [0.2, 0.25) is 0 Å². The van der Waals surface area contributed by atoms with E-state index in [1.54, 1.807) is 6.92 Å². The number of hydrogen-bond donors (Lipinski definition) is 0. The Morgan fingerprint density at radius 1 is 1.12 bits per heavy atom. The smallest absolute Gasteiger partial charge is 0.132 e. The molecule has 2 rings (SSSR count). The largest absolute Gasteiger partial charge is 0.300 e. The van der Waals surface area contributed by atoms with Gasteiger partial charge in [-0.15, -0.1) is 0 Å². The van der Waals surface area contributed by atoms with Crippen LogP contribution in [0.3, 0.4) is 0 Å². The lowest BCUT2D eigenvalue weighted by Crippen LogP contribution is -2.47. The van der Waals surface area contributed by atoms with Gasteiger partial charge >= 0.3 is 0 Å². The summed E-state index contributed by atoms with van der Waals surface area (Å²) in [6.07, 6.45) is 6.24. The molecule has 0 radical (unpaired) electrons. The predicted octanol–water partition coefficient (Wildman–Crippen LogP) is 4.06. The Hall–Kier alpha value is -0.330. The van der Waals surface area contributed by atoms with Gasteiger partial charge in [0.05, 0.1) is 0 Å². The molecule has 0 aromatic rings. The minimum atomic E-state index is 0.361. The SMILES string of the molecule is CC(=O)C1CCC(C)C2CC(C)(C)C2CC1. The van der Waals surface area contributed by atoms with Crippen molar-refractivity contribution in [3.8, 4) is 0 Å². The van der Waals surface area contributed by atoms with Crippen molar-refractivity contribution in [2.75, 3.05) is 0 Å². The van der Waals surface area contributed by atoms with Crippen molar-refractivity contribution in [3.63, 3.8) is 0 Å². The molecule has 2 aliphatic rings. The molecular weight excluding hydrogens is 196 g/mol. The summed E-state index contributed by atoms with van der Waals surface area (Å²) in [6.45, 7) is 8.99. The number of fused-ring (bicyclic) bond motifs is 1. The first kappa shape index (κ1) is 12.1. The molecule has 16 heavy (non-hydrogen) atoms. The van der Waals surface area contributed by atoms with Crippen molar-refractivity contribution < 1.29 is 4.79 Å². The van der Waals surface area contributed by atoms with Crippen molar-refractivity contribution in [2.45, 2.75) is 59.8 Å². The average Bonchev–Trinajstić information content (AvgIpc) is 2.16. The van der Waals surface area contributed by atoms with Gasteiger partial charge in [-0.2, -0.15) is 0 Å². The van der Waals surface area contributed by atoms with E-state index in [4.69, 9.17) is 0 Å². The normalized spacial score (nSPS) is 42.5. The minimum absolute atomic E-state index is 0.361. The number of carbonyl (C=O) groups excluding carboxylic acids is 1. The van der Waals surface area contributed by atoms with Gasteiger partial charge in [-0.1, -0.05) is 20.8 Å². The van der Waals surface area contributed by atoms with Gasteiger partial charge in [-0.25, -0.2) is 0 Å². The van der Waals surface area contributed by atoms with Gasteiger partial charge in [0.1, 0.15) is 5.78 Å². The van der Waals surface area contributed by atoms with E-state index in [1.165, 1.54) is 19.3 Å². The Balaban J connectivity index is 2.04. The molecule has 0 bridgehead atoms. The maximum Gasteiger partial charge on any atom is 0.132 e. The Labute approximate surface area is 100.0 Å². The molecule has 0 spiro atoms. The van der Waals surface area contributed by atoms with Gasteiger partial charge in [0, 0.05) is 5.92 Å². The molecular formula is C15H26O. The van der Waals surface area contributed by atoms with Gasteiger partial charge in [-0.05, 0) is 62.2 Å². The third kappa shape index (κ3) is 2.06. The van der Waals surface area contributed by atoms with Crippen molar-refractivity contribution in [3.05, 3.63) is 0 Å². The van der Waals surface area contributed by atoms with Gasteiger partial charge in [0.15, 0.2) is 0 Å². The fraction of sp³-hybridized carbons (Fsp3) is 0.933. The summed E-state index contributed by atoms with van der Waals surface area (Å²) in [5.41, 5.74) is 0.539. The quantitative estimate of drug-likeness (QED) is 0.654. The van der Waals surface area contributed by atoms with E-state index >= 15 is 0 Å². The number of carbonyl (C=O) groups is 1. The number of hydrogen-bond acceptors (Lipinski definition) is 1. The van der Waals surface area contributed by atoms with Crippen molar-refractivity contribution in [2.24, 2.45) is 29.1 Å². The molecule has 0 aromatic heterocycles. The van der Waals surface area contributed by atoms with E-state index in [1.807, 2.05) is 0 Å². The highest BCUT2D eigenvalue weighted by atomic mass is 16.1. The second-order valence-corrected chi connectivity index (χ2v) is 6.90. The van der Waals surface area contributed by atoms with Crippen LogP contribution >= 0.6 is 0 Å². The van der Waals surface area contributed by atoms with Crippen molar-refractivity contribution in [1.29, 1.82) is 0 Å². The molecule has 0 aliphatic heterocycles. The molecule has 92 valence electrons. The van der Waals surface area contributed by atoms with Crippen LogP contribution in [0.1, 0.15) is 59.8 Å². The van der Waals surface area contributed by atoms with Crippen LogP contribution in [0.25, 0.3) is 0 Å². The maximum atomic E-state index is 11.5. The molecule has 1 heteroatoms. The molecule has 2 aliphatic carbocycles. The van der Waals surface area contributed by atoms with Crippen molar-refractivity contribution >= 4 is 5.78 Å². The molecule has 2 fully saturated rings. The molecule has 0 amide bonds. The first-order valence-corrected chi connectivity index (χ1v) is 6.92. The first-order valence-electron chi connectivity index (χ1n) is 6.92. The summed E-state index contributed by atoms with van der Waals surface area (Å²) in [5, 5.41) is 0. The number of ketones is 1. The average molecular weight is 222 g/mol. The van der Waals surface area contributed by atoms with Crippen LogP contribution in [0.5, 0.6) is 0 Å². The summed E-state index contributed by atoms with van der Waals surface area (Å²) in [6, 6.07) is 0. The van der Waals surface area contributed by atoms with E-state index in [2.05, 4.69) is 20.8 Å².